The molecule has 0 heterocycles. The molecule has 0 aliphatic heterocycles. The fourth-order valence-electron chi connectivity index (χ4n) is 12.0. The summed E-state index contributed by atoms with van der Waals surface area (Å²) in [5.41, 5.74) is 0. The van der Waals surface area contributed by atoms with Gasteiger partial charge < -0.3 is 15.5 Å². The van der Waals surface area contributed by atoms with Crippen LogP contribution in [0.3, 0.4) is 0 Å². The van der Waals surface area contributed by atoms with Crippen LogP contribution in [0.5, 0.6) is 0 Å². The van der Waals surface area contributed by atoms with Crippen LogP contribution in [0.25, 0.3) is 0 Å². The van der Waals surface area contributed by atoms with E-state index in [1.165, 1.54) is 334 Å². The highest BCUT2D eigenvalue weighted by Crippen LogP contribution is 2.20. The zero-order chi connectivity index (χ0) is 60.5. The molecule has 0 aromatic carbocycles. The van der Waals surface area contributed by atoms with Gasteiger partial charge in [0, 0.05) is 6.42 Å². The number of nitrogens with one attached hydrogen (secondary N) is 1. The standard InChI is InChI=1S/C80H149NO3/c1-3-5-7-9-11-13-15-17-19-21-23-25-27-29-31-33-35-37-38-39-40-41-42-44-46-48-50-52-54-56-58-60-62-64-66-68-70-72-74-76-80(84)81-78(77-82)79(83)75-73-71-69-67-65-63-61-59-57-55-53-51-49-47-45-43-36-34-32-30-28-26-24-22-20-18-16-14-12-10-8-6-4-2/h5,7,11,13,17,19,23,25,29,31,73,75,78-79,82-83H,3-4,6,8-10,12,14-16,18,20-22,24,26-28,30,32-72,74,76-77H2,1-2H3,(H,81,84)/b7-5-,13-11-,19-17-,25-23-,31-29-,75-73+. The zero-order valence-electron chi connectivity index (χ0n) is 56.9. The van der Waals surface area contributed by atoms with Crippen LogP contribution in [0, 0.1) is 0 Å². The quantitative estimate of drug-likeness (QED) is 0.0420. The van der Waals surface area contributed by atoms with Crippen LogP contribution in [-0.4, -0.2) is 34.9 Å². The summed E-state index contributed by atoms with van der Waals surface area (Å²) < 4.78 is 0. The predicted molar refractivity (Wildman–Crippen MR) is 377 cm³/mol. The van der Waals surface area contributed by atoms with Gasteiger partial charge in [-0.3, -0.25) is 4.79 Å². The third-order valence-electron chi connectivity index (χ3n) is 17.7. The minimum absolute atomic E-state index is 0.0563. The molecule has 0 aliphatic carbocycles. The fourth-order valence-corrected chi connectivity index (χ4v) is 12.0. The molecule has 0 radical (unpaired) electrons. The maximum Gasteiger partial charge on any atom is 0.220 e. The first-order chi connectivity index (χ1) is 41.7. The first-order valence-electron chi connectivity index (χ1n) is 38.2. The average molecular weight is 1170 g/mol. The van der Waals surface area contributed by atoms with Crippen molar-refractivity contribution in [1.82, 2.24) is 5.32 Å². The predicted octanol–water partition coefficient (Wildman–Crippen LogP) is 26.4. The number of amides is 1. The molecule has 492 valence electrons. The Labute approximate surface area is 527 Å². The summed E-state index contributed by atoms with van der Waals surface area (Å²) in [7, 11) is 0. The van der Waals surface area contributed by atoms with Crippen molar-refractivity contribution >= 4 is 5.91 Å². The third-order valence-corrected chi connectivity index (χ3v) is 17.7. The largest absolute Gasteiger partial charge is 0.394 e. The van der Waals surface area contributed by atoms with Gasteiger partial charge in [0.15, 0.2) is 0 Å². The van der Waals surface area contributed by atoms with Gasteiger partial charge in [-0.2, -0.15) is 0 Å². The summed E-state index contributed by atoms with van der Waals surface area (Å²) >= 11 is 0. The molecule has 4 nitrogen and oxygen atoms in total. The average Bonchev–Trinajstić information content (AvgIpc) is 3.51. The van der Waals surface area contributed by atoms with Crippen LogP contribution in [0.2, 0.25) is 0 Å². The normalized spacial score (nSPS) is 13.0. The molecule has 0 rings (SSSR count). The van der Waals surface area contributed by atoms with E-state index in [9.17, 15) is 15.0 Å². The van der Waals surface area contributed by atoms with Gasteiger partial charge in [0.1, 0.15) is 0 Å². The van der Waals surface area contributed by atoms with Gasteiger partial charge in [-0.25, -0.2) is 0 Å². The summed E-state index contributed by atoms with van der Waals surface area (Å²) in [5.74, 6) is -0.0563. The molecule has 1 amide bonds. The number of aliphatic hydroxyl groups excluding tert-OH is 2. The molecule has 2 unspecified atom stereocenters. The van der Waals surface area contributed by atoms with E-state index in [1.54, 1.807) is 6.08 Å². The highest BCUT2D eigenvalue weighted by Gasteiger charge is 2.18. The van der Waals surface area contributed by atoms with Gasteiger partial charge in [-0.1, -0.05) is 414 Å². The minimum Gasteiger partial charge on any atom is -0.394 e. The third kappa shape index (κ3) is 70.6. The Hall–Kier alpha value is -2.17. The van der Waals surface area contributed by atoms with Gasteiger partial charge in [0.25, 0.3) is 0 Å². The second-order valence-corrected chi connectivity index (χ2v) is 26.0. The van der Waals surface area contributed by atoms with Crippen LogP contribution < -0.4 is 5.32 Å². The van der Waals surface area contributed by atoms with Gasteiger partial charge in [-0.15, -0.1) is 0 Å². The lowest BCUT2D eigenvalue weighted by Gasteiger charge is -2.20. The molecular weight excluding hydrogens is 1020 g/mol. The first kappa shape index (κ1) is 81.8. The second kappa shape index (κ2) is 75.1. The Morgan fingerprint density at radius 2 is 0.524 bits per heavy atom. The van der Waals surface area contributed by atoms with E-state index < -0.39 is 12.1 Å². The summed E-state index contributed by atoms with van der Waals surface area (Å²) in [6, 6.07) is -0.625. The smallest absolute Gasteiger partial charge is 0.220 e. The molecule has 0 saturated carbocycles. The van der Waals surface area contributed by atoms with E-state index in [1.807, 2.05) is 6.08 Å². The highest BCUT2D eigenvalue weighted by molar-refractivity contribution is 5.76. The maximum absolute atomic E-state index is 12.6. The van der Waals surface area contributed by atoms with E-state index in [2.05, 4.69) is 79.9 Å². The molecular formula is C80H149NO3. The molecule has 0 aromatic rings. The number of carbonyl (C=O) groups is 1. The lowest BCUT2D eigenvalue weighted by molar-refractivity contribution is -0.123. The Bertz CT molecular complexity index is 1420. The van der Waals surface area contributed by atoms with Crippen LogP contribution >= 0.6 is 0 Å². The summed E-state index contributed by atoms with van der Waals surface area (Å²) in [5, 5.41) is 23.4. The summed E-state index contributed by atoms with van der Waals surface area (Å²) in [6.07, 6.45) is 109. The van der Waals surface area contributed by atoms with E-state index in [0.717, 1.165) is 57.8 Å². The second-order valence-electron chi connectivity index (χ2n) is 26.0. The number of hydrogen-bond acceptors (Lipinski definition) is 3. The van der Waals surface area contributed by atoms with Crippen molar-refractivity contribution < 1.29 is 15.0 Å². The maximum atomic E-state index is 12.6. The highest BCUT2D eigenvalue weighted by atomic mass is 16.3. The van der Waals surface area contributed by atoms with Crippen molar-refractivity contribution in [3.8, 4) is 0 Å². The van der Waals surface area contributed by atoms with Crippen molar-refractivity contribution in [3.05, 3.63) is 72.9 Å². The Balaban J connectivity index is 3.41. The fraction of sp³-hybridized carbons (Fsp3) is 0.838. The van der Waals surface area contributed by atoms with Crippen LogP contribution in [0.1, 0.15) is 412 Å². The zero-order valence-corrected chi connectivity index (χ0v) is 56.9. The lowest BCUT2D eigenvalue weighted by atomic mass is 10.0. The van der Waals surface area contributed by atoms with Gasteiger partial charge in [0.05, 0.1) is 18.8 Å². The van der Waals surface area contributed by atoms with E-state index in [4.69, 9.17) is 0 Å². The monoisotopic (exact) mass is 1170 g/mol. The van der Waals surface area contributed by atoms with Crippen LogP contribution in [0.4, 0.5) is 0 Å². The summed E-state index contributed by atoms with van der Waals surface area (Å²) in [4.78, 5) is 12.6. The Morgan fingerprint density at radius 1 is 0.298 bits per heavy atom. The van der Waals surface area contributed by atoms with Crippen molar-refractivity contribution in [2.45, 2.75) is 424 Å². The van der Waals surface area contributed by atoms with Gasteiger partial charge in [0.2, 0.25) is 5.91 Å². The number of hydrogen-bond donors (Lipinski definition) is 3. The molecule has 0 bridgehead atoms. The number of rotatable bonds is 71. The Kier molecular flexibility index (Phi) is 73.1. The van der Waals surface area contributed by atoms with Crippen LogP contribution in [0.15, 0.2) is 72.9 Å². The molecule has 84 heavy (non-hydrogen) atoms. The molecule has 4 heteroatoms. The molecule has 0 saturated heterocycles. The number of aliphatic hydroxyl groups is 2. The SMILES string of the molecule is CC/C=C\C/C=C\C/C=C\C/C=C\C/C=C\CCCCCCCCCCCCCCCCCCCCCCCCCC(=O)NC(CO)C(O)/C=C/CCCCCCCCCCCCCCCCCCCCCCCCCCCCCCCCC. The molecule has 3 N–H and O–H groups in total. The minimum atomic E-state index is -0.842. The van der Waals surface area contributed by atoms with Crippen molar-refractivity contribution in [2.75, 3.05) is 6.61 Å². The van der Waals surface area contributed by atoms with Crippen molar-refractivity contribution in [3.63, 3.8) is 0 Å². The lowest BCUT2D eigenvalue weighted by Crippen LogP contribution is -2.45. The van der Waals surface area contributed by atoms with Gasteiger partial charge in [-0.05, 0) is 64.2 Å². The van der Waals surface area contributed by atoms with Gasteiger partial charge >= 0.3 is 0 Å². The number of carbonyl (C=O) groups excluding carboxylic acids is 1. The Morgan fingerprint density at radius 3 is 0.786 bits per heavy atom. The number of unbranched alkanes of at least 4 members (excludes halogenated alkanes) is 54. The van der Waals surface area contributed by atoms with E-state index in [-0.39, 0.29) is 12.5 Å². The summed E-state index contributed by atoms with van der Waals surface area (Å²) in [6.45, 7) is 4.24. The molecule has 2 atom stereocenters. The molecule has 0 fully saturated rings. The topological polar surface area (TPSA) is 69.6 Å². The first-order valence-corrected chi connectivity index (χ1v) is 38.2. The molecule has 0 aromatic heterocycles. The molecule has 0 spiro atoms. The van der Waals surface area contributed by atoms with E-state index >= 15 is 0 Å². The molecule has 0 aliphatic rings. The van der Waals surface area contributed by atoms with E-state index in [0.29, 0.717) is 6.42 Å². The van der Waals surface area contributed by atoms with Crippen LogP contribution in [-0.2, 0) is 4.79 Å². The van der Waals surface area contributed by atoms with Crippen molar-refractivity contribution in [2.24, 2.45) is 0 Å². The number of allylic oxidation sites excluding steroid dienone is 11. The van der Waals surface area contributed by atoms with Crippen molar-refractivity contribution in [1.29, 1.82) is 0 Å².